The molecule has 2 unspecified atom stereocenters. The molecule has 1 amide bonds. The second kappa shape index (κ2) is 65.1. The summed E-state index contributed by atoms with van der Waals surface area (Å²) in [4.78, 5) is 24.6. The Morgan fingerprint density at radius 3 is 0.947 bits per heavy atom. The monoisotopic (exact) mass is 1060 g/mol. The molecule has 0 heterocycles. The molecule has 0 radical (unpaired) electrons. The van der Waals surface area contributed by atoms with Gasteiger partial charge >= 0.3 is 5.97 Å². The van der Waals surface area contributed by atoms with E-state index in [0.717, 1.165) is 38.5 Å². The minimum Gasteiger partial charge on any atom is -0.466 e. The molecule has 6 nitrogen and oxygen atoms in total. The van der Waals surface area contributed by atoms with E-state index in [-0.39, 0.29) is 18.5 Å². The molecule has 0 aromatic rings. The van der Waals surface area contributed by atoms with Crippen LogP contribution in [0.15, 0.2) is 12.2 Å². The van der Waals surface area contributed by atoms with Crippen molar-refractivity contribution in [2.75, 3.05) is 13.2 Å². The summed E-state index contributed by atoms with van der Waals surface area (Å²) in [6, 6.07) is -0.544. The molecule has 0 saturated carbocycles. The van der Waals surface area contributed by atoms with E-state index < -0.39 is 12.1 Å². The first-order chi connectivity index (χ1) is 37.0. The normalized spacial score (nSPS) is 12.5. The van der Waals surface area contributed by atoms with E-state index in [1.54, 1.807) is 0 Å². The third-order valence-electron chi connectivity index (χ3n) is 16.3. The van der Waals surface area contributed by atoms with Crippen molar-refractivity contribution in [3.63, 3.8) is 0 Å². The van der Waals surface area contributed by atoms with Crippen molar-refractivity contribution in [2.45, 2.75) is 405 Å². The van der Waals surface area contributed by atoms with Gasteiger partial charge in [0.1, 0.15) is 0 Å². The largest absolute Gasteiger partial charge is 0.466 e. The van der Waals surface area contributed by atoms with E-state index in [0.29, 0.717) is 25.9 Å². The van der Waals surface area contributed by atoms with Gasteiger partial charge in [-0.1, -0.05) is 341 Å². The molecule has 0 fully saturated rings. The highest BCUT2D eigenvalue weighted by atomic mass is 16.5. The Labute approximate surface area is 469 Å². The van der Waals surface area contributed by atoms with Crippen LogP contribution in [0.2, 0.25) is 0 Å². The molecule has 75 heavy (non-hydrogen) atoms. The molecule has 0 aliphatic carbocycles. The molecule has 0 bridgehead atoms. The lowest BCUT2D eigenvalue weighted by Crippen LogP contribution is -2.45. The van der Waals surface area contributed by atoms with Gasteiger partial charge in [0.15, 0.2) is 0 Å². The summed E-state index contributed by atoms with van der Waals surface area (Å²) < 4.78 is 5.49. The fraction of sp³-hybridized carbons (Fsp3) is 0.942. The number of carbonyl (C=O) groups is 2. The first kappa shape index (κ1) is 73.6. The Hall–Kier alpha value is -1.40. The van der Waals surface area contributed by atoms with Gasteiger partial charge in [-0.2, -0.15) is 0 Å². The lowest BCUT2D eigenvalue weighted by Gasteiger charge is -2.22. The maximum absolute atomic E-state index is 12.5. The summed E-state index contributed by atoms with van der Waals surface area (Å²) in [7, 11) is 0. The average Bonchev–Trinajstić information content (AvgIpc) is 3.41. The molecule has 3 N–H and O–H groups in total. The van der Waals surface area contributed by atoms with E-state index in [4.69, 9.17) is 4.74 Å². The number of ether oxygens (including phenoxy) is 1. The molecular weight excluding hydrogens is 923 g/mol. The summed E-state index contributed by atoms with van der Waals surface area (Å²) in [6.45, 7) is 4.99. The minimum absolute atomic E-state index is 0.0160. The van der Waals surface area contributed by atoms with E-state index in [1.807, 2.05) is 0 Å². The quantitative estimate of drug-likeness (QED) is 0.0320. The van der Waals surface area contributed by atoms with Gasteiger partial charge in [0.2, 0.25) is 5.91 Å². The highest BCUT2D eigenvalue weighted by Gasteiger charge is 2.20. The highest BCUT2D eigenvalue weighted by molar-refractivity contribution is 5.76. The average molecular weight is 1060 g/mol. The first-order valence-electron chi connectivity index (χ1n) is 34.4. The van der Waals surface area contributed by atoms with Crippen molar-refractivity contribution in [2.24, 2.45) is 0 Å². The Bertz CT molecular complexity index is 1130. The van der Waals surface area contributed by atoms with Crippen molar-refractivity contribution in [3.05, 3.63) is 12.2 Å². The zero-order valence-corrected chi connectivity index (χ0v) is 51.1. The van der Waals surface area contributed by atoms with Crippen molar-refractivity contribution in [1.82, 2.24) is 5.32 Å². The number of allylic oxidation sites excluding steroid dienone is 2. The number of aliphatic hydroxyl groups excluding tert-OH is 2. The summed E-state index contributed by atoms with van der Waals surface area (Å²) in [6.07, 6.45) is 79.6. The number of esters is 1. The van der Waals surface area contributed by atoms with Crippen LogP contribution in [0.3, 0.4) is 0 Å². The van der Waals surface area contributed by atoms with Crippen LogP contribution in [0, 0.1) is 0 Å². The number of hydrogen-bond acceptors (Lipinski definition) is 5. The molecule has 0 saturated heterocycles. The van der Waals surface area contributed by atoms with Gasteiger partial charge in [-0.15, -0.1) is 0 Å². The van der Waals surface area contributed by atoms with Gasteiger partial charge in [0.25, 0.3) is 0 Å². The predicted molar refractivity (Wildman–Crippen MR) is 329 cm³/mol. The number of aliphatic hydroxyl groups is 2. The van der Waals surface area contributed by atoms with E-state index in [2.05, 4.69) is 31.3 Å². The molecule has 0 aliphatic rings. The van der Waals surface area contributed by atoms with Crippen LogP contribution in [0.4, 0.5) is 0 Å². The third-order valence-corrected chi connectivity index (χ3v) is 16.3. The molecule has 0 aliphatic heterocycles. The summed E-state index contributed by atoms with van der Waals surface area (Å²) in [5.41, 5.74) is 0. The van der Waals surface area contributed by atoms with Crippen LogP contribution < -0.4 is 5.32 Å². The number of nitrogens with one attached hydrogen (secondary N) is 1. The zero-order valence-electron chi connectivity index (χ0n) is 51.1. The van der Waals surface area contributed by atoms with Crippen LogP contribution in [0.1, 0.15) is 393 Å². The highest BCUT2D eigenvalue weighted by Crippen LogP contribution is 2.19. The Balaban J connectivity index is 3.39. The SMILES string of the molecule is CCCCCCCCCCCCCCCCCCCCCCC(O)C(CO)NC(=O)CCCCCCCCCCC/C=C\CCCCCCCCCCCCCCOC(=O)CCCCCCCCCCCCCCC. The fourth-order valence-electron chi connectivity index (χ4n) is 11.1. The van der Waals surface area contributed by atoms with Crippen molar-refractivity contribution >= 4 is 11.9 Å². The van der Waals surface area contributed by atoms with Crippen LogP contribution in [0.5, 0.6) is 0 Å². The summed E-state index contributed by atoms with van der Waals surface area (Å²) in [5, 5.41) is 23.4. The molecule has 446 valence electrons. The molecular formula is C69H135NO5. The smallest absolute Gasteiger partial charge is 0.305 e. The van der Waals surface area contributed by atoms with Crippen molar-refractivity contribution in [1.29, 1.82) is 0 Å². The predicted octanol–water partition coefficient (Wildman–Crippen LogP) is 22.0. The first-order valence-corrected chi connectivity index (χ1v) is 34.4. The lowest BCUT2D eigenvalue weighted by molar-refractivity contribution is -0.143. The fourth-order valence-corrected chi connectivity index (χ4v) is 11.1. The van der Waals surface area contributed by atoms with Crippen molar-refractivity contribution < 1.29 is 24.5 Å². The van der Waals surface area contributed by atoms with Gasteiger partial charge in [0, 0.05) is 12.8 Å². The Morgan fingerprint density at radius 1 is 0.360 bits per heavy atom. The molecule has 2 atom stereocenters. The van der Waals surface area contributed by atoms with Crippen LogP contribution in [0.25, 0.3) is 0 Å². The second-order valence-corrected chi connectivity index (χ2v) is 23.9. The van der Waals surface area contributed by atoms with Crippen LogP contribution >= 0.6 is 0 Å². The second-order valence-electron chi connectivity index (χ2n) is 23.9. The standard InChI is InChI=1S/C69H135NO5/c1-3-5-7-9-11-13-15-17-18-19-20-28-31-34-38-41-45-49-53-57-61-67(72)66(65-71)70-68(73)62-58-54-50-46-42-39-35-32-29-26-24-22-21-23-25-27-30-33-36-40-44-48-52-56-60-64-75-69(74)63-59-55-51-47-43-37-16-14-12-10-8-6-4-2/h22,24,66-67,71-72H,3-21,23,25-65H2,1-2H3,(H,70,73)/b24-22-. The van der Waals surface area contributed by atoms with Crippen LogP contribution in [-0.2, 0) is 14.3 Å². The van der Waals surface area contributed by atoms with Crippen molar-refractivity contribution in [3.8, 4) is 0 Å². The Kier molecular flexibility index (Phi) is 63.9. The molecule has 0 spiro atoms. The maximum atomic E-state index is 12.5. The molecule has 6 heteroatoms. The molecule has 0 aromatic heterocycles. The number of amides is 1. The maximum Gasteiger partial charge on any atom is 0.305 e. The Morgan fingerprint density at radius 2 is 0.627 bits per heavy atom. The van der Waals surface area contributed by atoms with E-state index in [9.17, 15) is 19.8 Å². The zero-order chi connectivity index (χ0) is 54.3. The van der Waals surface area contributed by atoms with Gasteiger partial charge < -0.3 is 20.3 Å². The number of rotatable bonds is 65. The van der Waals surface area contributed by atoms with E-state index in [1.165, 1.54) is 321 Å². The lowest BCUT2D eigenvalue weighted by atomic mass is 10.0. The van der Waals surface area contributed by atoms with Crippen LogP contribution in [-0.4, -0.2) is 47.4 Å². The number of carbonyl (C=O) groups excluding carboxylic acids is 2. The molecule has 0 rings (SSSR count). The topological polar surface area (TPSA) is 95.9 Å². The number of hydrogen-bond donors (Lipinski definition) is 3. The number of unbranched alkanes of at least 4 members (excludes halogenated alkanes) is 52. The minimum atomic E-state index is -0.666. The van der Waals surface area contributed by atoms with Gasteiger partial charge in [0.05, 0.1) is 25.4 Å². The van der Waals surface area contributed by atoms with Gasteiger partial charge in [-0.25, -0.2) is 0 Å². The summed E-state index contributed by atoms with van der Waals surface area (Å²) in [5.74, 6) is -0.0175. The van der Waals surface area contributed by atoms with Gasteiger partial charge in [-0.3, -0.25) is 9.59 Å². The third kappa shape index (κ3) is 61.7. The van der Waals surface area contributed by atoms with Gasteiger partial charge in [-0.05, 0) is 51.4 Å². The molecule has 0 aromatic carbocycles. The van der Waals surface area contributed by atoms with E-state index >= 15 is 0 Å². The summed E-state index contributed by atoms with van der Waals surface area (Å²) >= 11 is 0.